The molecule has 5 nitrogen and oxygen atoms in total. The number of carboxylic acids is 1. The summed E-state index contributed by atoms with van der Waals surface area (Å²) in [5.41, 5.74) is 2.51. The lowest BCUT2D eigenvalue weighted by atomic mass is 9.86. The number of rotatable bonds is 8. The molecular formula is C25H30ClF3N2O3. The fourth-order valence-corrected chi connectivity index (χ4v) is 4.25. The maximum absolute atomic E-state index is 13.1. The van der Waals surface area contributed by atoms with Crippen LogP contribution in [0.25, 0.3) is 0 Å². The zero-order chi connectivity index (χ0) is 24.0. The quantitative estimate of drug-likeness (QED) is 0.289. The molecule has 1 unspecified atom stereocenters. The van der Waals surface area contributed by atoms with E-state index in [1.165, 1.54) is 6.07 Å². The lowest BCUT2D eigenvalue weighted by molar-refractivity contribution is -0.143. The third-order valence-corrected chi connectivity index (χ3v) is 6.09. The molecule has 1 heterocycles. The van der Waals surface area contributed by atoms with Gasteiger partial charge in [0.15, 0.2) is 0 Å². The summed E-state index contributed by atoms with van der Waals surface area (Å²) < 4.78 is 39.3. The van der Waals surface area contributed by atoms with Gasteiger partial charge in [0, 0.05) is 19.0 Å². The number of piperidine rings is 1. The van der Waals surface area contributed by atoms with E-state index in [0.29, 0.717) is 31.7 Å². The number of aliphatic carboxylic acids is 1. The first kappa shape index (κ1) is 27.7. The van der Waals surface area contributed by atoms with Crippen molar-refractivity contribution < 1.29 is 27.9 Å². The predicted molar refractivity (Wildman–Crippen MR) is 128 cm³/mol. The van der Waals surface area contributed by atoms with E-state index < -0.39 is 17.7 Å². The van der Waals surface area contributed by atoms with Crippen molar-refractivity contribution >= 4 is 24.6 Å². The normalized spacial score (nSPS) is 17.9. The van der Waals surface area contributed by atoms with Gasteiger partial charge in [0.25, 0.3) is 0 Å². The molecule has 0 aliphatic carbocycles. The molecule has 1 aliphatic rings. The summed E-state index contributed by atoms with van der Waals surface area (Å²) in [5.74, 6) is -1.48. The number of oxime groups is 1. The number of carbonyl (C=O) groups is 1. The van der Waals surface area contributed by atoms with Crippen LogP contribution in [0.4, 0.5) is 13.2 Å². The molecule has 9 heteroatoms. The number of aryl methyl sites for hydroxylation is 2. The Morgan fingerprint density at radius 1 is 1.21 bits per heavy atom. The molecule has 2 aromatic rings. The number of likely N-dealkylation sites (tertiary alicyclic amines) is 1. The number of alkyl halides is 3. The molecule has 186 valence electrons. The molecule has 0 saturated carbocycles. The smallest absolute Gasteiger partial charge is 0.416 e. The van der Waals surface area contributed by atoms with Gasteiger partial charge in [0.05, 0.1) is 17.7 Å². The minimum Gasteiger partial charge on any atom is -0.481 e. The second-order valence-electron chi connectivity index (χ2n) is 8.47. The van der Waals surface area contributed by atoms with Gasteiger partial charge in [0.2, 0.25) is 0 Å². The van der Waals surface area contributed by atoms with Gasteiger partial charge in [-0.1, -0.05) is 35.5 Å². The highest BCUT2D eigenvalue weighted by molar-refractivity contribution is 5.85. The van der Waals surface area contributed by atoms with Gasteiger partial charge in [-0.3, -0.25) is 9.69 Å². The fraction of sp³-hybridized carbons (Fsp3) is 0.440. The molecule has 0 aromatic heterocycles. The van der Waals surface area contributed by atoms with Crippen molar-refractivity contribution in [3.05, 3.63) is 70.3 Å². The van der Waals surface area contributed by atoms with Crippen LogP contribution in [0.2, 0.25) is 0 Å². The number of carboxylic acid groups (broad SMARTS) is 1. The van der Waals surface area contributed by atoms with Crippen molar-refractivity contribution in [3.8, 4) is 0 Å². The molecule has 0 bridgehead atoms. The van der Waals surface area contributed by atoms with Crippen molar-refractivity contribution in [1.29, 1.82) is 0 Å². The van der Waals surface area contributed by atoms with Crippen molar-refractivity contribution in [2.45, 2.75) is 38.8 Å². The number of nitrogens with zero attached hydrogens (tertiary/aromatic N) is 2. The summed E-state index contributed by atoms with van der Waals surface area (Å²) in [6.45, 7) is 5.81. The van der Waals surface area contributed by atoms with Gasteiger partial charge in [-0.2, -0.15) is 13.2 Å². The van der Waals surface area contributed by atoms with E-state index in [1.54, 1.807) is 13.1 Å². The van der Waals surface area contributed by atoms with E-state index in [-0.39, 0.29) is 24.2 Å². The Labute approximate surface area is 204 Å². The molecule has 0 radical (unpaired) electrons. The van der Waals surface area contributed by atoms with Crippen LogP contribution in [0.3, 0.4) is 0 Å². The highest BCUT2D eigenvalue weighted by Crippen LogP contribution is 2.34. The first-order valence-electron chi connectivity index (χ1n) is 11.0. The summed E-state index contributed by atoms with van der Waals surface area (Å²) in [6.07, 6.45) is -1.25. The highest BCUT2D eigenvalue weighted by Gasteiger charge is 2.31. The maximum atomic E-state index is 13.1. The fourth-order valence-electron chi connectivity index (χ4n) is 4.25. The van der Waals surface area contributed by atoms with E-state index in [4.69, 9.17) is 4.84 Å². The van der Waals surface area contributed by atoms with Crippen LogP contribution in [0.1, 0.15) is 46.6 Å². The van der Waals surface area contributed by atoms with Gasteiger partial charge in [-0.15, -0.1) is 12.4 Å². The third-order valence-electron chi connectivity index (χ3n) is 6.09. The maximum Gasteiger partial charge on any atom is 0.416 e. The molecule has 1 N–H and O–H groups in total. The van der Waals surface area contributed by atoms with Gasteiger partial charge in [-0.05, 0) is 67.6 Å². The van der Waals surface area contributed by atoms with Gasteiger partial charge < -0.3 is 9.94 Å². The van der Waals surface area contributed by atoms with Gasteiger partial charge in [0.1, 0.15) is 6.61 Å². The Balaban J connectivity index is 0.00000408. The van der Waals surface area contributed by atoms with Crippen molar-refractivity contribution in [3.63, 3.8) is 0 Å². The lowest BCUT2D eigenvalue weighted by Crippen LogP contribution is -2.40. The van der Waals surface area contributed by atoms with E-state index in [2.05, 4.69) is 10.1 Å². The monoisotopic (exact) mass is 498 g/mol. The van der Waals surface area contributed by atoms with Crippen LogP contribution in [0.15, 0.2) is 47.6 Å². The van der Waals surface area contributed by atoms with Crippen molar-refractivity contribution in [2.75, 3.05) is 26.2 Å². The van der Waals surface area contributed by atoms with Crippen LogP contribution in [-0.2, 0) is 15.8 Å². The van der Waals surface area contributed by atoms with Crippen LogP contribution in [0.5, 0.6) is 0 Å². The topological polar surface area (TPSA) is 62.1 Å². The zero-order valence-corrected chi connectivity index (χ0v) is 20.0. The van der Waals surface area contributed by atoms with Crippen LogP contribution in [-0.4, -0.2) is 48.4 Å². The van der Waals surface area contributed by atoms with E-state index in [1.807, 2.05) is 31.2 Å². The summed E-state index contributed by atoms with van der Waals surface area (Å²) in [4.78, 5) is 18.7. The van der Waals surface area contributed by atoms with Crippen LogP contribution < -0.4 is 0 Å². The van der Waals surface area contributed by atoms with Gasteiger partial charge >= 0.3 is 12.1 Å². The standard InChI is InChI=1S/C25H29F3N2O3.ClH/c1-17-6-3-4-8-21(17)23(22-10-9-20(14-18(22)2)25(26,27)28)15-29-33-13-12-30-11-5-7-19(16-30)24(31)32;/h3-4,6,8-10,14-15,19,23H,5,7,11-13,16H2,1-2H3,(H,31,32);1H/b29-15-;/t19?,23-;/m1./s1. The van der Waals surface area contributed by atoms with Crippen LogP contribution in [0, 0.1) is 19.8 Å². The Morgan fingerprint density at radius 3 is 2.56 bits per heavy atom. The Kier molecular flexibility index (Phi) is 9.94. The highest BCUT2D eigenvalue weighted by atomic mass is 35.5. The van der Waals surface area contributed by atoms with E-state index in [9.17, 15) is 23.1 Å². The van der Waals surface area contributed by atoms with Crippen LogP contribution >= 0.6 is 12.4 Å². The third kappa shape index (κ3) is 7.21. The molecule has 0 spiro atoms. The van der Waals surface area contributed by atoms with E-state index >= 15 is 0 Å². The second kappa shape index (κ2) is 12.2. The number of halogens is 4. The largest absolute Gasteiger partial charge is 0.481 e. The molecule has 34 heavy (non-hydrogen) atoms. The molecule has 2 aromatic carbocycles. The van der Waals surface area contributed by atoms with Gasteiger partial charge in [-0.25, -0.2) is 0 Å². The molecule has 0 amide bonds. The lowest BCUT2D eigenvalue weighted by Gasteiger charge is -2.29. The summed E-state index contributed by atoms with van der Waals surface area (Å²) in [7, 11) is 0. The first-order valence-corrected chi connectivity index (χ1v) is 11.0. The number of benzene rings is 2. The molecule has 1 saturated heterocycles. The SMILES string of the molecule is Cc1ccccc1[C@@H](/C=N\OCCN1CCCC(C(=O)O)C1)c1ccc(C(F)(F)F)cc1C.Cl. The molecule has 2 atom stereocenters. The molecule has 3 rings (SSSR count). The first-order chi connectivity index (χ1) is 15.7. The summed E-state index contributed by atoms with van der Waals surface area (Å²) in [5, 5.41) is 13.3. The Morgan fingerprint density at radius 2 is 1.91 bits per heavy atom. The predicted octanol–water partition coefficient (Wildman–Crippen LogP) is 5.67. The average molecular weight is 499 g/mol. The minimum atomic E-state index is -4.40. The molecule has 1 aliphatic heterocycles. The number of hydrogen-bond donors (Lipinski definition) is 1. The number of hydrogen-bond acceptors (Lipinski definition) is 4. The Hall–Kier alpha value is -2.58. The molecular weight excluding hydrogens is 469 g/mol. The Bertz CT molecular complexity index is 998. The summed E-state index contributed by atoms with van der Waals surface area (Å²) >= 11 is 0. The second-order valence-corrected chi connectivity index (χ2v) is 8.47. The minimum absolute atomic E-state index is 0. The average Bonchev–Trinajstić information content (AvgIpc) is 2.77. The zero-order valence-electron chi connectivity index (χ0n) is 19.2. The van der Waals surface area contributed by atoms with Crippen molar-refractivity contribution in [1.82, 2.24) is 4.90 Å². The molecule has 1 fully saturated rings. The van der Waals surface area contributed by atoms with Crippen molar-refractivity contribution in [2.24, 2.45) is 11.1 Å². The summed E-state index contributed by atoms with van der Waals surface area (Å²) in [6, 6.07) is 11.4. The van der Waals surface area contributed by atoms with E-state index in [0.717, 1.165) is 41.8 Å².